The molecule has 0 saturated carbocycles. The largest absolute Gasteiger partial charge is 0.507 e. The maximum Gasteiger partial charge on any atom is 0.250 e. The second-order valence-corrected chi connectivity index (χ2v) is 9.59. The molecule has 9 heteroatoms. The first-order chi connectivity index (χ1) is 16.3. The summed E-state index contributed by atoms with van der Waals surface area (Å²) in [6.07, 6.45) is 9.05. The maximum atomic E-state index is 14.0. The van der Waals surface area contributed by atoms with E-state index < -0.39 is 5.82 Å². The van der Waals surface area contributed by atoms with Gasteiger partial charge in [-0.25, -0.2) is 14.4 Å². The summed E-state index contributed by atoms with van der Waals surface area (Å²) in [6.45, 7) is 2.31. The third-order valence-electron chi connectivity index (χ3n) is 7.11. The molecule has 0 spiro atoms. The van der Waals surface area contributed by atoms with E-state index in [4.69, 9.17) is 4.74 Å². The summed E-state index contributed by atoms with van der Waals surface area (Å²) < 4.78 is 18.9. The standard InChI is InChI=1S/C25H29FN6O2/c1-25-8-4-5-17(29-25)11-18(12-25)32(2)22-14-27-23(31-30-22)19-7-6-15(10-21(19)33)16-9-20(26)24(34-3)28-13-16/h6-7,9-10,13-14,17-18,29,33H,4-5,8,11-12H2,1-3H3/t17-,18-,25+/m1/s1. The highest BCUT2D eigenvalue weighted by molar-refractivity contribution is 5.72. The monoisotopic (exact) mass is 464 g/mol. The summed E-state index contributed by atoms with van der Waals surface area (Å²) in [6, 6.07) is 7.24. The molecule has 0 amide bonds. The van der Waals surface area contributed by atoms with Crippen LogP contribution in [0.15, 0.2) is 36.7 Å². The van der Waals surface area contributed by atoms with Crippen molar-refractivity contribution in [3.63, 3.8) is 0 Å². The molecule has 0 radical (unpaired) electrons. The highest BCUT2D eigenvalue weighted by Crippen LogP contribution is 2.37. The molecule has 178 valence electrons. The van der Waals surface area contributed by atoms with Crippen molar-refractivity contribution in [3.05, 3.63) is 42.5 Å². The fourth-order valence-corrected chi connectivity index (χ4v) is 5.32. The summed E-state index contributed by atoms with van der Waals surface area (Å²) in [4.78, 5) is 10.6. The molecule has 0 aliphatic carbocycles. The van der Waals surface area contributed by atoms with Crippen LogP contribution in [0, 0.1) is 5.82 Å². The normalized spacial score (nSPS) is 24.0. The van der Waals surface area contributed by atoms with Crippen molar-refractivity contribution in [1.29, 1.82) is 0 Å². The minimum Gasteiger partial charge on any atom is -0.507 e. The Hall–Kier alpha value is -3.33. The molecule has 34 heavy (non-hydrogen) atoms. The van der Waals surface area contributed by atoms with Gasteiger partial charge in [0.05, 0.1) is 18.9 Å². The summed E-state index contributed by atoms with van der Waals surface area (Å²) in [5.74, 6) is 0.386. The number of halogens is 1. The van der Waals surface area contributed by atoms with Gasteiger partial charge in [-0.15, -0.1) is 10.2 Å². The molecule has 2 bridgehead atoms. The van der Waals surface area contributed by atoms with Gasteiger partial charge in [-0.2, -0.15) is 0 Å². The molecule has 2 aliphatic heterocycles. The minimum absolute atomic E-state index is 0.0178. The summed E-state index contributed by atoms with van der Waals surface area (Å²) in [7, 11) is 3.41. The lowest BCUT2D eigenvalue weighted by Crippen LogP contribution is -2.61. The quantitative estimate of drug-likeness (QED) is 0.586. The third kappa shape index (κ3) is 4.27. The summed E-state index contributed by atoms with van der Waals surface area (Å²) >= 11 is 0. The van der Waals surface area contributed by atoms with Crippen LogP contribution in [-0.2, 0) is 0 Å². The van der Waals surface area contributed by atoms with Crippen molar-refractivity contribution < 1.29 is 14.2 Å². The third-order valence-corrected chi connectivity index (χ3v) is 7.11. The van der Waals surface area contributed by atoms with E-state index in [1.54, 1.807) is 18.3 Å². The first kappa shape index (κ1) is 22.5. The molecule has 2 fully saturated rings. The predicted octanol–water partition coefficient (Wildman–Crippen LogP) is 3.95. The van der Waals surface area contributed by atoms with Crippen LogP contribution in [0.5, 0.6) is 11.6 Å². The lowest BCUT2D eigenvalue weighted by atomic mass is 9.75. The van der Waals surface area contributed by atoms with Gasteiger partial charge in [0.2, 0.25) is 5.88 Å². The predicted molar refractivity (Wildman–Crippen MR) is 127 cm³/mol. The number of phenols is 1. The van der Waals surface area contributed by atoms with Crippen molar-refractivity contribution in [3.8, 4) is 34.1 Å². The average molecular weight is 465 g/mol. The Bertz CT molecular complexity index is 1190. The van der Waals surface area contributed by atoms with E-state index in [0.717, 1.165) is 12.8 Å². The fourth-order valence-electron chi connectivity index (χ4n) is 5.32. The van der Waals surface area contributed by atoms with Gasteiger partial charge in [0.1, 0.15) is 5.75 Å². The van der Waals surface area contributed by atoms with E-state index in [2.05, 4.69) is 44.4 Å². The average Bonchev–Trinajstić information content (AvgIpc) is 2.83. The number of benzene rings is 1. The Morgan fingerprint density at radius 1 is 1.18 bits per heavy atom. The van der Waals surface area contributed by atoms with Gasteiger partial charge in [-0.3, -0.25) is 0 Å². The molecule has 0 unspecified atom stereocenters. The molecule has 4 heterocycles. The fraction of sp³-hybridized carbons (Fsp3) is 0.440. The lowest BCUT2D eigenvalue weighted by molar-refractivity contribution is 0.140. The highest BCUT2D eigenvalue weighted by atomic mass is 19.1. The topological polar surface area (TPSA) is 96.3 Å². The summed E-state index contributed by atoms with van der Waals surface area (Å²) in [5.41, 5.74) is 1.77. The number of aromatic hydroxyl groups is 1. The molecule has 2 saturated heterocycles. The molecule has 2 aromatic heterocycles. The Morgan fingerprint density at radius 2 is 2.03 bits per heavy atom. The van der Waals surface area contributed by atoms with Crippen molar-refractivity contribution in [2.75, 3.05) is 19.1 Å². The Balaban J connectivity index is 1.34. The van der Waals surface area contributed by atoms with Gasteiger partial charge in [0.25, 0.3) is 0 Å². The molecule has 2 aliphatic rings. The Kier molecular flexibility index (Phi) is 5.81. The Morgan fingerprint density at radius 3 is 2.71 bits per heavy atom. The van der Waals surface area contributed by atoms with E-state index in [1.807, 2.05) is 0 Å². The zero-order chi connectivity index (χ0) is 23.9. The van der Waals surface area contributed by atoms with Gasteiger partial charge in [0, 0.05) is 36.4 Å². The molecule has 8 nitrogen and oxygen atoms in total. The van der Waals surface area contributed by atoms with Crippen LogP contribution < -0.4 is 15.0 Å². The van der Waals surface area contributed by atoms with E-state index >= 15 is 0 Å². The van der Waals surface area contributed by atoms with Crippen LogP contribution in [0.4, 0.5) is 10.2 Å². The number of fused-ring (bicyclic) bond motifs is 2. The van der Waals surface area contributed by atoms with E-state index in [1.165, 1.54) is 44.7 Å². The van der Waals surface area contributed by atoms with Crippen molar-refractivity contribution in [2.24, 2.45) is 0 Å². The van der Waals surface area contributed by atoms with Crippen LogP contribution in [-0.4, -0.2) is 57.1 Å². The van der Waals surface area contributed by atoms with Crippen molar-refractivity contribution >= 4 is 5.82 Å². The molecule has 1 aromatic carbocycles. The molecular formula is C25H29FN6O2. The zero-order valence-corrected chi connectivity index (χ0v) is 19.6. The number of ether oxygens (including phenoxy) is 1. The van der Waals surface area contributed by atoms with Crippen molar-refractivity contribution in [1.82, 2.24) is 25.5 Å². The number of pyridine rings is 1. The number of nitrogens with zero attached hydrogens (tertiary/aromatic N) is 5. The number of methoxy groups -OCH3 is 1. The molecule has 5 rings (SSSR count). The number of anilines is 1. The number of rotatable bonds is 5. The van der Waals surface area contributed by atoms with Gasteiger partial charge >= 0.3 is 0 Å². The number of hydrogen-bond acceptors (Lipinski definition) is 8. The minimum atomic E-state index is -0.567. The highest BCUT2D eigenvalue weighted by Gasteiger charge is 2.40. The van der Waals surface area contributed by atoms with Crippen LogP contribution in [0.3, 0.4) is 0 Å². The van der Waals surface area contributed by atoms with Gasteiger partial charge in [0.15, 0.2) is 17.5 Å². The van der Waals surface area contributed by atoms with E-state index in [9.17, 15) is 9.50 Å². The van der Waals surface area contributed by atoms with Gasteiger partial charge < -0.3 is 20.1 Å². The number of piperidine rings is 2. The number of aromatic nitrogens is 4. The van der Waals surface area contributed by atoms with Crippen molar-refractivity contribution in [2.45, 2.75) is 56.7 Å². The number of phenolic OH excluding ortho intramolecular Hbond substituents is 1. The number of hydrogen-bond donors (Lipinski definition) is 2. The van der Waals surface area contributed by atoms with E-state index in [-0.39, 0.29) is 17.2 Å². The molecule has 3 atom stereocenters. The first-order valence-corrected chi connectivity index (χ1v) is 11.6. The molecule has 3 aromatic rings. The lowest BCUT2D eigenvalue weighted by Gasteiger charge is -2.49. The Labute approximate surface area is 198 Å². The van der Waals surface area contributed by atoms with Gasteiger partial charge in [-0.1, -0.05) is 12.5 Å². The molecular weight excluding hydrogens is 435 g/mol. The smallest absolute Gasteiger partial charge is 0.250 e. The second kappa shape index (κ2) is 8.79. The SMILES string of the molecule is COc1ncc(-c2ccc(-c3ncc(N(C)[C@@H]4C[C@H]5CCC[C@@](C)(C4)N5)nn3)c(O)c2)cc1F. The van der Waals surface area contributed by atoms with Crippen LogP contribution in [0.1, 0.15) is 39.0 Å². The molecule has 2 N–H and O–H groups in total. The van der Waals surface area contributed by atoms with Crippen LogP contribution in [0.2, 0.25) is 0 Å². The van der Waals surface area contributed by atoms with Gasteiger partial charge in [-0.05, 0) is 56.4 Å². The zero-order valence-electron chi connectivity index (χ0n) is 19.6. The second-order valence-electron chi connectivity index (χ2n) is 9.59. The van der Waals surface area contributed by atoms with E-state index in [0.29, 0.717) is 40.4 Å². The van der Waals surface area contributed by atoms with Crippen LogP contribution >= 0.6 is 0 Å². The van der Waals surface area contributed by atoms with Crippen LogP contribution in [0.25, 0.3) is 22.5 Å². The summed E-state index contributed by atoms with van der Waals surface area (Å²) in [5, 5.41) is 23.1. The number of nitrogens with one attached hydrogen (secondary N) is 1. The first-order valence-electron chi connectivity index (χ1n) is 11.6. The maximum absolute atomic E-state index is 14.0.